The van der Waals surface area contributed by atoms with Crippen LogP contribution in [-0.2, 0) is 4.74 Å². The monoisotopic (exact) mass is 305 g/mol. The zero-order valence-corrected chi connectivity index (χ0v) is 13.7. The molecule has 0 aliphatic carbocycles. The molecule has 0 aliphatic heterocycles. The van der Waals surface area contributed by atoms with Gasteiger partial charge in [0.25, 0.3) is 0 Å². The number of aryl methyl sites for hydroxylation is 2. The standard InChI is InChI=1S/C17H23NO4/c1-7-14(10(2)3)9-16(12(5)18-20)22-17(19)15-8-11(4)21-13(15)6/h7-10,18,20H,5H2,1-4,6H3/b14-7+,16-9+. The predicted octanol–water partition coefficient (Wildman–Crippen LogP) is 4.03. The summed E-state index contributed by atoms with van der Waals surface area (Å²) in [6.07, 6.45) is 3.59. The number of rotatable bonds is 6. The lowest BCUT2D eigenvalue weighted by atomic mass is 10.0. The van der Waals surface area contributed by atoms with E-state index in [1.165, 1.54) is 0 Å². The first-order valence-corrected chi connectivity index (χ1v) is 7.06. The van der Waals surface area contributed by atoms with Crippen molar-refractivity contribution in [3.63, 3.8) is 0 Å². The van der Waals surface area contributed by atoms with Crippen LogP contribution in [0.2, 0.25) is 0 Å². The maximum absolute atomic E-state index is 12.3. The second kappa shape index (κ2) is 7.66. The summed E-state index contributed by atoms with van der Waals surface area (Å²) in [5, 5.41) is 9.05. The average molecular weight is 305 g/mol. The van der Waals surface area contributed by atoms with Crippen molar-refractivity contribution in [1.82, 2.24) is 5.48 Å². The topological polar surface area (TPSA) is 71.7 Å². The van der Waals surface area contributed by atoms with E-state index in [0.29, 0.717) is 17.1 Å². The molecule has 1 rings (SSSR count). The zero-order valence-electron chi connectivity index (χ0n) is 13.7. The number of carbonyl (C=O) groups excluding carboxylic acids is 1. The van der Waals surface area contributed by atoms with Gasteiger partial charge in [-0.15, -0.1) is 0 Å². The van der Waals surface area contributed by atoms with E-state index in [1.54, 1.807) is 26.0 Å². The summed E-state index contributed by atoms with van der Waals surface area (Å²) in [6.45, 7) is 13.0. The van der Waals surface area contributed by atoms with Gasteiger partial charge in [0.2, 0.25) is 0 Å². The van der Waals surface area contributed by atoms with Crippen molar-refractivity contribution in [2.75, 3.05) is 0 Å². The Morgan fingerprint density at radius 3 is 2.50 bits per heavy atom. The number of allylic oxidation sites excluding steroid dienone is 3. The second-order valence-electron chi connectivity index (χ2n) is 5.26. The number of hydrogen-bond donors (Lipinski definition) is 2. The molecule has 0 aromatic carbocycles. The Kier molecular flexibility index (Phi) is 6.19. The normalized spacial score (nSPS) is 12.5. The molecule has 0 atom stereocenters. The molecule has 0 saturated heterocycles. The molecule has 1 aromatic rings. The summed E-state index contributed by atoms with van der Waals surface area (Å²) in [5.74, 6) is 0.955. The van der Waals surface area contributed by atoms with E-state index in [4.69, 9.17) is 14.4 Å². The van der Waals surface area contributed by atoms with Crippen LogP contribution >= 0.6 is 0 Å². The highest BCUT2D eigenvalue weighted by molar-refractivity contribution is 5.91. The minimum atomic E-state index is -0.559. The SMILES string of the molecule is C=C(NO)/C(=C\C(=C/C)C(C)C)OC(=O)c1cc(C)oc1C. The van der Waals surface area contributed by atoms with Crippen LogP contribution in [0.1, 0.15) is 42.6 Å². The molecule has 5 nitrogen and oxygen atoms in total. The molecule has 1 aromatic heterocycles. The highest BCUT2D eigenvalue weighted by Crippen LogP contribution is 2.21. The number of hydroxylamine groups is 1. The van der Waals surface area contributed by atoms with Gasteiger partial charge in [0, 0.05) is 0 Å². The van der Waals surface area contributed by atoms with Crippen molar-refractivity contribution in [3.05, 3.63) is 58.9 Å². The summed E-state index contributed by atoms with van der Waals surface area (Å²) in [5.41, 5.74) is 3.33. The Labute approximate surface area is 130 Å². The molecule has 1 heterocycles. The number of nitrogens with one attached hydrogen (secondary N) is 1. The Morgan fingerprint density at radius 1 is 1.45 bits per heavy atom. The molecular formula is C17H23NO4. The van der Waals surface area contributed by atoms with Gasteiger partial charge in [-0.1, -0.05) is 26.5 Å². The van der Waals surface area contributed by atoms with Crippen molar-refractivity contribution in [1.29, 1.82) is 0 Å². The number of ether oxygens (including phenoxy) is 1. The highest BCUT2D eigenvalue weighted by atomic mass is 16.5. The van der Waals surface area contributed by atoms with Crippen LogP contribution in [-0.4, -0.2) is 11.2 Å². The summed E-state index contributed by atoms with van der Waals surface area (Å²) < 4.78 is 10.7. The number of furan rings is 1. The van der Waals surface area contributed by atoms with E-state index in [1.807, 2.05) is 32.3 Å². The van der Waals surface area contributed by atoms with Crippen LogP contribution in [0.5, 0.6) is 0 Å². The number of carbonyl (C=O) groups is 1. The van der Waals surface area contributed by atoms with Gasteiger partial charge in [-0.3, -0.25) is 10.7 Å². The molecule has 0 aliphatic rings. The first kappa shape index (κ1) is 17.8. The Morgan fingerprint density at radius 2 is 2.09 bits per heavy atom. The molecule has 0 saturated carbocycles. The lowest BCUT2D eigenvalue weighted by Gasteiger charge is -2.13. The molecule has 5 heteroatoms. The first-order valence-electron chi connectivity index (χ1n) is 7.06. The Balaban J connectivity index is 3.10. The molecule has 0 radical (unpaired) electrons. The van der Waals surface area contributed by atoms with E-state index in [2.05, 4.69) is 6.58 Å². The van der Waals surface area contributed by atoms with E-state index >= 15 is 0 Å². The Bertz CT molecular complexity index is 621. The molecule has 2 N–H and O–H groups in total. The van der Waals surface area contributed by atoms with Gasteiger partial charge in [0.1, 0.15) is 17.1 Å². The Hall–Kier alpha value is -2.27. The van der Waals surface area contributed by atoms with Gasteiger partial charge in [-0.05, 0) is 44.4 Å². The molecule has 0 bridgehead atoms. The van der Waals surface area contributed by atoms with Crippen LogP contribution in [0.25, 0.3) is 0 Å². The van der Waals surface area contributed by atoms with Crippen LogP contribution in [0, 0.1) is 19.8 Å². The number of hydrogen-bond acceptors (Lipinski definition) is 5. The molecule has 0 unspecified atom stereocenters. The van der Waals surface area contributed by atoms with Gasteiger partial charge in [0.15, 0.2) is 5.76 Å². The van der Waals surface area contributed by atoms with Crippen molar-refractivity contribution in [2.45, 2.75) is 34.6 Å². The quantitative estimate of drug-likeness (QED) is 0.359. The highest BCUT2D eigenvalue weighted by Gasteiger charge is 2.18. The number of esters is 1. The van der Waals surface area contributed by atoms with Gasteiger partial charge in [-0.25, -0.2) is 4.79 Å². The summed E-state index contributed by atoms with van der Waals surface area (Å²) in [6, 6.07) is 1.61. The second-order valence-corrected chi connectivity index (χ2v) is 5.26. The van der Waals surface area contributed by atoms with Crippen molar-refractivity contribution in [2.24, 2.45) is 5.92 Å². The molecule has 0 spiro atoms. The van der Waals surface area contributed by atoms with Crippen molar-refractivity contribution >= 4 is 5.97 Å². The fraction of sp³-hybridized carbons (Fsp3) is 0.353. The predicted molar refractivity (Wildman–Crippen MR) is 84.3 cm³/mol. The largest absolute Gasteiger partial charge is 0.466 e. The van der Waals surface area contributed by atoms with E-state index < -0.39 is 5.97 Å². The fourth-order valence-electron chi connectivity index (χ4n) is 1.96. The third-order valence-corrected chi connectivity index (χ3v) is 3.19. The van der Waals surface area contributed by atoms with E-state index in [0.717, 1.165) is 5.57 Å². The minimum absolute atomic E-state index is 0.103. The smallest absolute Gasteiger partial charge is 0.347 e. The zero-order chi connectivity index (χ0) is 16.9. The minimum Gasteiger partial charge on any atom is -0.466 e. The van der Waals surface area contributed by atoms with Crippen molar-refractivity contribution in [3.8, 4) is 0 Å². The maximum atomic E-state index is 12.3. The molecule has 0 amide bonds. The third kappa shape index (κ3) is 4.36. The summed E-state index contributed by atoms with van der Waals surface area (Å²) in [7, 11) is 0. The van der Waals surface area contributed by atoms with E-state index in [9.17, 15) is 4.79 Å². The molecule has 22 heavy (non-hydrogen) atoms. The van der Waals surface area contributed by atoms with Gasteiger partial charge in [-0.2, -0.15) is 0 Å². The first-order chi connectivity index (χ1) is 10.3. The lowest BCUT2D eigenvalue weighted by molar-refractivity contribution is 0.0615. The third-order valence-electron chi connectivity index (χ3n) is 3.19. The fourth-order valence-corrected chi connectivity index (χ4v) is 1.96. The molecule has 120 valence electrons. The van der Waals surface area contributed by atoms with E-state index in [-0.39, 0.29) is 17.4 Å². The van der Waals surface area contributed by atoms with Crippen LogP contribution in [0.4, 0.5) is 0 Å². The van der Waals surface area contributed by atoms with Crippen LogP contribution in [0.3, 0.4) is 0 Å². The summed E-state index contributed by atoms with van der Waals surface area (Å²) in [4.78, 5) is 12.3. The summed E-state index contributed by atoms with van der Waals surface area (Å²) >= 11 is 0. The molecular weight excluding hydrogens is 282 g/mol. The van der Waals surface area contributed by atoms with Gasteiger partial charge in [0.05, 0.1) is 5.70 Å². The lowest BCUT2D eigenvalue weighted by Crippen LogP contribution is -2.14. The maximum Gasteiger partial charge on any atom is 0.347 e. The van der Waals surface area contributed by atoms with Gasteiger partial charge < -0.3 is 9.15 Å². The average Bonchev–Trinajstić information content (AvgIpc) is 2.80. The van der Waals surface area contributed by atoms with Crippen LogP contribution < -0.4 is 5.48 Å². The van der Waals surface area contributed by atoms with Gasteiger partial charge >= 0.3 is 5.97 Å². The van der Waals surface area contributed by atoms with Crippen molar-refractivity contribution < 1.29 is 19.2 Å². The van der Waals surface area contributed by atoms with Crippen LogP contribution in [0.15, 0.2) is 46.2 Å². The molecule has 0 fully saturated rings.